The van der Waals surface area contributed by atoms with Crippen LogP contribution in [0, 0.1) is 0 Å². The van der Waals surface area contributed by atoms with Gasteiger partial charge in [0.15, 0.2) is 0 Å². The molecule has 7 heteroatoms. The van der Waals surface area contributed by atoms with Crippen LogP contribution in [0.25, 0.3) is 0 Å². The molecule has 0 spiro atoms. The molecule has 4 N–H and O–H groups in total. The Balaban J connectivity index is 2.76. The molecule has 0 bridgehead atoms. The number of nitrogens with one attached hydrogen (secondary N) is 1. The van der Waals surface area contributed by atoms with E-state index in [4.69, 9.17) is 10.8 Å². The van der Waals surface area contributed by atoms with E-state index in [0.29, 0.717) is 10.5 Å². The molecule has 20 heavy (non-hydrogen) atoms. The third-order valence-electron chi connectivity index (χ3n) is 2.36. The van der Waals surface area contributed by atoms with Crippen LogP contribution < -0.4 is 11.1 Å². The Bertz CT molecular complexity index is 519. The number of hydrogen-bond donors (Lipinski definition) is 3. The lowest BCUT2D eigenvalue weighted by molar-refractivity contribution is -0.137. The molecule has 0 saturated carbocycles. The zero-order chi connectivity index (χ0) is 15.1. The summed E-state index contributed by atoms with van der Waals surface area (Å²) in [5, 5.41) is 11.3. The van der Waals surface area contributed by atoms with Crippen LogP contribution in [-0.2, 0) is 9.59 Å². The van der Waals surface area contributed by atoms with E-state index in [1.54, 1.807) is 31.2 Å². The van der Waals surface area contributed by atoms with Crippen molar-refractivity contribution in [3.8, 4) is 0 Å². The summed E-state index contributed by atoms with van der Waals surface area (Å²) in [7, 11) is 0. The van der Waals surface area contributed by atoms with Gasteiger partial charge in [-0.1, -0.05) is 12.1 Å². The van der Waals surface area contributed by atoms with E-state index in [-0.39, 0.29) is 18.1 Å². The Kier molecular flexibility index (Phi) is 6.05. The van der Waals surface area contributed by atoms with Crippen LogP contribution >= 0.6 is 11.8 Å². The van der Waals surface area contributed by atoms with Crippen LogP contribution in [0.15, 0.2) is 29.2 Å². The highest BCUT2D eigenvalue weighted by atomic mass is 32.2. The van der Waals surface area contributed by atoms with Crippen LogP contribution in [0.4, 0.5) is 0 Å². The summed E-state index contributed by atoms with van der Waals surface area (Å²) in [6.07, 6.45) is -0.150. The normalized spacial score (nSPS) is 11.7. The summed E-state index contributed by atoms with van der Waals surface area (Å²) in [4.78, 5) is 34.1. The van der Waals surface area contributed by atoms with E-state index in [2.05, 4.69) is 5.32 Å². The number of carboxylic acid groups (broad SMARTS) is 1. The van der Waals surface area contributed by atoms with E-state index in [9.17, 15) is 14.4 Å². The van der Waals surface area contributed by atoms with Crippen molar-refractivity contribution >= 4 is 29.5 Å². The molecule has 1 rings (SSSR count). The molecule has 0 fully saturated rings. The van der Waals surface area contributed by atoms with Gasteiger partial charge in [0.05, 0.1) is 17.7 Å². The summed E-state index contributed by atoms with van der Waals surface area (Å²) in [5.41, 5.74) is 5.48. The second kappa shape index (κ2) is 7.54. The maximum Gasteiger partial charge on any atom is 0.305 e. The van der Waals surface area contributed by atoms with Crippen molar-refractivity contribution in [3.05, 3.63) is 29.8 Å². The highest BCUT2D eigenvalue weighted by Crippen LogP contribution is 2.22. The van der Waals surface area contributed by atoms with Gasteiger partial charge in [-0.25, -0.2) is 0 Å². The van der Waals surface area contributed by atoms with Gasteiger partial charge in [0.2, 0.25) is 5.91 Å². The van der Waals surface area contributed by atoms with Gasteiger partial charge in [0.25, 0.3) is 5.91 Å². The summed E-state index contributed by atoms with van der Waals surface area (Å²) < 4.78 is 0. The van der Waals surface area contributed by atoms with Gasteiger partial charge in [-0.15, -0.1) is 11.8 Å². The average molecular weight is 296 g/mol. The molecule has 0 aliphatic rings. The average Bonchev–Trinajstić information content (AvgIpc) is 2.35. The van der Waals surface area contributed by atoms with Gasteiger partial charge >= 0.3 is 5.97 Å². The Labute approximate surface area is 120 Å². The molecule has 1 unspecified atom stereocenters. The van der Waals surface area contributed by atoms with E-state index in [0.717, 1.165) is 0 Å². The van der Waals surface area contributed by atoms with Gasteiger partial charge in [0, 0.05) is 10.9 Å². The molecule has 2 amide bonds. The highest BCUT2D eigenvalue weighted by Gasteiger charge is 2.15. The molecule has 0 heterocycles. The van der Waals surface area contributed by atoms with Crippen molar-refractivity contribution in [1.82, 2.24) is 5.32 Å². The lowest BCUT2D eigenvalue weighted by Crippen LogP contribution is -2.34. The fraction of sp³-hybridized carbons (Fsp3) is 0.308. The quantitative estimate of drug-likeness (QED) is 0.646. The lowest BCUT2D eigenvalue weighted by Gasteiger charge is -2.13. The molecule has 108 valence electrons. The number of thioether (sulfide) groups is 1. The van der Waals surface area contributed by atoms with Gasteiger partial charge in [-0.05, 0) is 19.1 Å². The van der Waals surface area contributed by atoms with E-state index in [1.165, 1.54) is 11.8 Å². The van der Waals surface area contributed by atoms with E-state index in [1.807, 2.05) is 0 Å². The molecule has 6 nitrogen and oxygen atoms in total. The second-order valence-electron chi connectivity index (χ2n) is 4.22. The summed E-state index contributed by atoms with van der Waals surface area (Å²) in [6.45, 7) is 1.62. The van der Waals surface area contributed by atoms with Crippen LogP contribution in [0.1, 0.15) is 23.7 Å². The fourth-order valence-corrected chi connectivity index (χ4v) is 2.33. The van der Waals surface area contributed by atoms with Crippen molar-refractivity contribution in [1.29, 1.82) is 0 Å². The Morgan fingerprint density at radius 1 is 1.35 bits per heavy atom. The number of primary amides is 1. The standard InChI is InChI=1S/C13H16N2O4S/c1-8(6-12(17)18)15-13(19)9-4-2-3-5-10(9)20-7-11(14)16/h2-5,8H,6-7H2,1H3,(H2,14,16)(H,15,19)(H,17,18). The predicted octanol–water partition coefficient (Wildman–Crippen LogP) is 0.857. The first-order valence-electron chi connectivity index (χ1n) is 5.93. The fourth-order valence-electron chi connectivity index (χ4n) is 1.54. The Hall–Kier alpha value is -2.02. The minimum absolute atomic E-state index is 0.0783. The maximum atomic E-state index is 12.1. The number of hydrogen-bond acceptors (Lipinski definition) is 4. The van der Waals surface area contributed by atoms with Crippen molar-refractivity contribution in [2.45, 2.75) is 24.3 Å². The summed E-state index contributed by atoms with van der Waals surface area (Å²) >= 11 is 1.17. The van der Waals surface area contributed by atoms with Crippen molar-refractivity contribution < 1.29 is 19.5 Å². The monoisotopic (exact) mass is 296 g/mol. The maximum absolute atomic E-state index is 12.1. The summed E-state index contributed by atoms with van der Waals surface area (Å²) in [5.74, 6) is -1.74. The Morgan fingerprint density at radius 3 is 2.60 bits per heavy atom. The van der Waals surface area contributed by atoms with Gasteiger partial charge in [0.1, 0.15) is 0 Å². The molecule has 1 atom stereocenters. The van der Waals surface area contributed by atoms with Crippen LogP contribution in [0.5, 0.6) is 0 Å². The number of carbonyl (C=O) groups excluding carboxylic acids is 2. The molecule has 0 radical (unpaired) electrons. The molecular weight excluding hydrogens is 280 g/mol. The minimum atomic E-state index is -0.978. The van der Waals surface area contributed by atoms with Crippen molar-refractivity contribution in [2.75, 3.05) is 5.75 Å². The number of rotatable bonds is 7. The predicted molar refractivity (Wildman–Crippen MR) is 75.5 cm³/mol. The molecule has 0 aromatic heterocycles. The van der Waals surface area contributed by atoms with Crippen LogP contribution in [0.3, 0.4) is 0 Å². The smallest absolute Gasteiger partial charge is 0.305 e. The Morgan fingerprint density at radius 2 is 2.00 bits per heavy atom. The van der Waals surface area contributed by atoms with E-state index < -0.39 is 17.9 Å². The molecular formula is C13H16N2O4S. The van der Waals surface area contributed by atoms with Gasteiger partial charge < -0.3 is 16.2 Å². The second-order valence-corrected chi connectivity index (χ2v) is 5.24. The number of amides is 2. The zero-order valence-electron chi connectivity index (χ0n) is 11.0. The largest absolute Gasteiger partial charge is 0.481 e. The molecule has 0 saturated heterocycles. The first kappa shape index (κ1) is 16.0. The minimum Gasteiger partial charge on any atom is -0.481 e. The molecule has 0 aliphatic carbocycles. The molecule has 0 aliphatic heterocycles. The number of carboxylic acids is 1. The first-order valence-corrected chi connectivity index (χ1v) is 6.91. The number of nitrogens with two attached hydrogens (primary N) is 1. The topological polar surface area (TPSA) is 109 Å². The SMILES string of the molecule is CC(CC(=O)O)NC(=O)c1ccccc1SCC(N)=O. The first-order chi connectivity index (χ1) is 9.40. The van der Waals surface area contributed by atoms with Crippen LogP contribution in [-0.4, -0.2) is 34.7 Å². The third-order valence-corrected chi connectivity index (χ3v) is 3.46. The number of aliphatic carboxylic acids is 1. The van der Waals surface area contributed by atoms with Gasteiger partial charge in [-0.2, -0.15) is 0 Å². The molecule has 1 aromatic rings. The van der Waals surface area contributed by atoms with E-state index >= 15 is 0 Å². The van der Waals surface area contributed by atoms with Crippen molar-refractivity contribution in [3.63, 3.8) is 0 Å². The third kappa shape index (κ3) is 5.31. The highest BCUT2D eigenvalue weighted by molar-refractivity contribution is 8.00. The number of carbonyl (C=O) groups is 3. The lowest BCUT2D eigenvalue weighted by atomic mass is 10.2. The molecule has 1 aromatic carbocycles. The van der Waals surface area contributed by atoms with Crippen molar-refractivity contribution in [2.24, 2.45) is 5.73 Å². The van der Waals surface area contributed by atoms with Crippen LogP contribution in [0.2, 0.25) is 0 Å². The zero-order valence-corrected chi connectivity index (χ0v) is 11.8. The summed E-state index contributed by atoms with van der Waals surface area (Å²) in [6, 6.07) is 6.30. The van der Waals surface area contributed by atoms with Gasteiger partial charge in [-0.3, -0.25) is 14.4 Å². The number of benzene rings is 1.